The van der Waals surface area contributed by atoms with Gasteiger partial charge in [-0.2, -0.15) is 5.26 Å². The molecule has 2 heterocycles. The second kappa shape index (κ2) is 7.09. The van der Waals surface area contributed by atoms with Crippen molar-refractivity contribution in [3.05, 3.63) is 23.9 Å². The summed E-state index contributed by atoms with van der Waals surface area (Å²) in [6.45, 7) is 6.62. The van der Waals surface area contributed by atoms with Crippen LogP contribution in [0.1, 0.15) is 32.8 Å². The zero-order chi connectivity index (χ0) is 17.0. The van der Waals surface area contributed by atoms with Crippen LogP contribution in [0.25, 0.3) is 0 Å². The summed E-state index contributed by atoms with van der Waals surface area (Å²) in [6.07, 6.45) is 1.98. The van der Waals surface area contributed by atoms with E-state index in [9.17, 15) is 9.00 Å². The molecule has 1 fully saturated rings. The van der Waals surface area contributed by atoms with Crippen LogP contribution in [-0.4, -0.2) is 44.6 Å². The Morgan fingerprint density at radius 1 is 1.57 bits per heavy atom. The van der Waals surface area contributed by atoms with Crippen molar-refractivity contribution >= 4 is 16.9 Å². The monoisotopic (exact) mass is 335 g/mol. The van der Waals surface area contributed by atoms with Crippen LogP contribution in [0.15, 0.2) is 23.4 Å². The van der Waals surface area contributed by atoms with Crippen molar-refractivity contribution in [1.82, 2.24) is 9.88 Å². The highest BCUT2D eigenvalue weighted by Gasteiger charge is 2.31. The Morgan fingerprint density at radius 2 is 2.30 bits per heavy atom. The lowest BCUT2D eigenvalue weighted by Crippen LogP contribution is -2.35. The fourth-order valence-electron chi connectivity index (χ4n) is 2.41. The number of carbonyl (C=O) groups excluding carboxylic acids is 1. The van der Waals surface area contributed by atoms with Gasteiger partial charge >= 0.3 is 6.09 Å². The van der Waals surface area contributed by atoms with Gasteiger partial charge in [-0.25, -0.2) is 9.78 Å². The number of likely N-dealkylation sites (tertiary alicyclic amines) is 1. The average molecular weight is 335 g/mol. The molecule has 1 aliphatic rings. The van der Waals surface area contributed by atoms with E-state index in [-0.39, 0.29) is 12.0 Å². The Morgan fingerprint density at radius 3 is 2.96 bits per heavy atom. The van der Waals surface area contributed by atoms with Crippen LogP contribution in [0.5, 0.6) is 0 Å². The predicted molar refractivity (Wildman–Crippen MR) is 86.1 cm³/mol. The van der Waals surface area contributed by atoms with Crippen molar-refractivity contribution in [2.45, 2.75) is 37.8 Å². The summed E-state index contributed by atoms with van der Waals surface area (Å²) in [5.74, 6) is 0.516. The van der Waals surface area contributed by atoms with Crippen LogP contribution < -0.4 is 0 Å². The Balaban J connectivity index is 1.94. The molecule has 2 rings (SSSR count). The molecule has 0 N–H and O–H groups in total. The predicted octanol–water partition coefficient (Wildman–Crippen LogP) is 2.32. The number of rotatable bonds is 3. The first kappa shape index (κ1) is 17.4. The molecule has 2 atom stereocenters. The summed E-state index contributed by atoms with van der Waals surface area (Å²) < 4.78 is 17.8. The molecule has 1 saturated heterocycles. The van der Waals surface area contributed by atoms with Crippen LogP contribution in [0.3, 0.4) is 0 Å². The Bertz CT molecular complexity index is 649. The molecule has 1 aromatic rings. The van der Waals surface area contributed by atoms with E-state index < -0.39 is 16.4 Å². The van der Waals surface area contributed by atoms with Crippen molar-refractivity contribution in [2.75, 3.05) is 18.8 Å². The summed E-state index contributed by atoms with van der Waals surface area (Å²) in [5.41, 5.74) is -0.180. The minimum Gasteiger partial charge on any atom is -0.444 e. The van der Waals surface area contributed by atoms with E-state index in [0.717, 1.165) is 6.42 Å². The highest BCUT2D eigenvalue weighted by atomic mass is 32.2. The number of pyridine rings is 1. The van der Waals surface area contributed by atoms with Gasteiger partial charge in [-0.3, -0.25) is 4.21 Å². The third-order valence-corrected chi connectivity index (χ3v) is 4.96. The molecule has 1 amide bonds. The lowest BCUT2D eigenvalue weighted by Gasteiger charge is -2.24. The number of hydrogen-bond donors (Lipinski definition) is 0. The maximum absolute atomic E-state index is 12.4. The summed E-state index contributed by atoms with van der Waals surface area (Å²) in [6, 6.07) is 5.28. The highest BCUT2D eigenvalue weighted by molar-refractivity contribution is 7.85. The lowest BCUT2D eigenvalue weighted by molar-refractivity contribution is 0.0289. The molecule has 0 spiro atoms. The van der Waals surface area contributed by atoms with Crippen molar-refractivity contribution in [3.8, 4) is 6.07 Å². The van der Waals surface area contributed by atoms with E-state index in [2.05, 4.69) is 4.98 Å². The zero-order valence-electron chi connectivity index (χ0n) is 13.6. The van der Waals surface area contributed by atoms with Gasteiger partial charge in [0.15, 0.2) is 0 Å². The van der Waals surface area contributed by atoms with Crippen molar-refractivity contribution in [2.24, 2.45) is 5.92 Å². The van der Waals surface area contributed by atoms with Gasteiger partial charge in [0.1, 0.15) is 16.7 Å². The standard InChI is InChI=1S/C16H21N3O3S/c1-16(2,3)22-15(20)19-8-6-12(10-19)11-23(21)14-13(9-17)5-4-7-18-14/h4-5,7,12H,6,8,10-11H2,1-3H3/t12-,23-/m1/s1. The van der Waals surface area contributed by atoms with Gasteiger partial charge in [0.05, 0.1) is 16.4 Å². The number of hydrogen-bond acceptors (Lipinski definition) is 5. The van der Waals surface area contributed by atoms with E-state index in [1.807, 2.05) is 26.8 Å². The van der Waals surface area contributed by atoms with E-state index in [4.69, 9.17) is 10.00 Å². The van der Waals surface area contributed by atoms with E-state index >= 15 is 0 Å². The van der Waals surface area contributed by atoms with Crippen LogP contribution in [0.4, 0.5) is 4.79 Å². The van der Waals surface area contributed by atoms with Crippen molar-refractivity contribution < 1.29 is 13.7 Å². The summed E-state index contributed by atoms with van der Waals surface area (Å²) in [7, 11) is -1.34. The van der Waals surface area contributed by atoms with Crippen molar-refractivity contribution in [3.63, 3.8) is 0 Å². The van der Waals surface area contributed by atoms with Crippen LogP contribution >= 0.6 is 0 Å². The maximum atomic E-state index is 12.4. The number of carbonyl (C=O) groups is 1. The Kier molecular flexibility index (Phi) is 5.37. The first-order valence-corrected chi connectivity index (χ1v) is 8.83. The fourth-order valence-corrected chi connectivity index (χ4v) is 3.81. The first-order chi connectivity index (χ1) is 10.8. The Hall–Kier alpha value is -1.94. The SMILES string of the molecule is CC(C)(C)OC(=O)N1CC[C@@H](C[S@@](=O)c2ncccc2C#N)C1. The quantitative estimate of drug-likeness (QED) is 0.846. The van der Waals surface area contributed by atoms with Crippen LogP contribution in [-0.2, 0) is 15.5 Å². The van der Waals surface area contributed by atoms with Crippen LogP contribution in [0.2, 0.25) is 0 Å². The van der Waals surface area contributed by atoms with Gasteiger partial charge in [-0.1, -0.05) is 0 Å². The van der Waals surface area contributed by atoms with E-state index in [1.54, 1.807) is 17.0 Å². The number of ether oxygens (including phenoxy) is 1. The largest absolute Gasteiger partial charge is 0.444 e. The number of aromatic nitrogens is 1. The van der Waals surface area contributed by atoms with Gasteiger partial charge in [-0.05, 0) is 45.2 Å². The first-order valence-electron chi connectivity index (χ1n) is 7.51. The smallest absolute Gasteiger partial charge is 0.410 e. The number of amides is 1. The van der Waals surface area contributed by atoms with Gasteiger partial charge in [0.2, 0.25) is 0 Å². The molecule has 6 nitrogen and oxygen atoms in total. The molecule has 0 saturated carbocycles. The minimum atomic E-state index is -1.34. The average Bonchev–Trinajstić information content (AvgIpc) is 2.94. The molecular weight excluding hydrogens is 314 g/mol. The molecule has 1 aromatic heterocycles. The molecule has 124 valence electrons. The van der Waals surface area contributed by atoms with Gasteiger partial charge in [0, 0.05) is 25.0 Å². The summed E-state index contributed by atoms with van der Waals surface area (Å²) in [5, 5.41) is 9.38. The zero-order valence-corrected chi connectivity index (χ0v) is 14.4. The Labute approximate surface area is 138 Å². The lowest BCUT2D eigenvalue weighted by atomic mass is 10.2. The highest BCUT2D eigenvalue weighted by Crippen LogP contribution is 2.22. The molecule has 0 aromatic carbocycles. The molecule has 23 heavy (non-hydrogen) atoms. The second-order valence-corrected chi connectivity index (χ2v) is 7.97. The van der Waals surface area contributed by atoms with Crippen molar-refractivity contribution in [1.29, 1.82) is 5.26 Å². The van der Waals surface area contributed by atoms with Gasteiger partial charge in [-0.15, -0.1) is 0 Å². The fraction of sp³-hybridized carbons (Fsp3) is 0.562. The minimum absolute atomic E-state index is 0.122. The van der Waals surface area contributed by atoms with Gasteiger partial charge in [0.25, 0.3) is 0 Å². The maximum Gasteiger partial charge on any atom is 0.410 e. The van der Waals surface area contributed by atoms with E-state index in [0.29, 0.717) is 29.4 Å². The second-order valence-electron chi connectivity index (χ2n) is 6.56. The molecular formula is C16H21N3O3S. The molecule has 1 aliphatic heterocycles. The summed E-state index contributed by atoms with van der Waals surface area (Å²) >= 11 is 0. The molecule has 7 heteroatoms. The molecule has 0 aliphatic carbocycles. The van der Waals surface area contributed by atoms with E-state index in [1.165, 1.54) is 6.20 Å². The molecule has 0 bridgehead atoms. The topological polar surface area (TPSA) is 83.3 Å². The number of nitriles is 1. The molecule has 0 radical (unpaired) electrons. The number of nitrogens with zero attached hydrogens (tertiary/aromatic N) is 3. The van der Waals surface area contributed by atoms with Crippen LogP contribution in [0, 0.1) is 17.2 Å². The molecule has 0 unspecified atom stereocenters. The third-order valence-electron chi connectivity index (χ3n) is 3.43. The summed E-state index contributed by atoms with van der Waals surface area (Å²) in [4.78, 5) is 17.8. The third kappa shape index (κ3) is 4.76. The normalized spacial score (nSPS) is 19.2. The van der Waals surface area contributed by atoms with Gasteiger partial charge < -0.3 is 9.64 Å².